The van der Waals surface area contributed by atoms with Crippen LogP contribution >= 0.6 is 23.2 Å². The molecular weight excluding hydrogens is 347 g/mol. The predicted molar refractivity (Wildman–Crippen MR) is 92.6 cm³/mol. The zero-order valence-corrected chi connectivity index (χ0v) is 14.5. The van der Waals surface area contributed by atoms with Gasteiger partial charge in [-0.05, 0) is 25.1 Å². The van der Waals surface area contributed by atoms with Crippen LogP contribution in [0.4, 0.5) is 0 Å². The van der Waals surface area contributed by atoms with Crippen molar-refractivity contribution in [3.8, 4) is 0 Å². The second-order valence-electron chi connectivity index (χ2n) is 5.89. The molecule has 3 heterocycles. The maximum atomic E-state index is 12.8. The number of nitrogens with zero attached hydrogens (tertiary/aromatic N) is 4. The summed E-state index contributed by atoms with van der Waals surface area (Å²) in [5.41, 5.74) is 4.36. The summed E-state index contributed by atoms with van der Waals surface area (Å²) >= 11 is 12.1. The number of fused-ring (bicyclic) bond motifs is 3. The van der Waals surface area contributed by atoms with E-state index in [1.165, 1.54) is 0 Å². The smallest absolute Gasteiger partial charge is 0.255 e. The minimum absolute atomic E-state index is 0.0981. The zero-order valence-electron chi connectivity index (χ0n) is 13.0. The normalized spacial score (nSPS) is 14.0. The Morgan fingerprint density at radius 2 is 2.08 bits per heavy atom. The van der Waals surface area contributed by atoms with Gasteiger partial charge in [-0.15, -0.1) is 0 Å². The van der Waals surface area contributed by atoms with Gasteiger partial charge in [0.2, 0.25) is 0 Å². The van der Waals surface area contributed by atoms with Crippen molar-refractivity contribution in [1.82, 2.24) is 19.5 Å². The number of benzene rings is 1. The lowest BCUT2D eigenvalue weighted by Gasteiger charge is -2.29. The van der Waals surface area contributed by atoms with Gasteiger partial charge in [0.05, 0.1) is 22.0 Å². The van der Waals surface area contributed by atoms with E-state index in [4.69, 9.17) is 23.2 Å². The van der Waals surface area contributed by atoms with E-state index in [0.717, 1.165) is 29.0 Å². The fourth-order valence-corrected chi connectivity index (χ4v) is 3.55. The number of aromatic nitrogens is 3. The number of halogens is 2. The Labute approximate surface area is 148 Å². The topological polar surface area (TPSA) is 50.5 Å². The Morgan fingerprint density at radius 3 is 2.88 bits per heavy atom. The molecule has 0 spiro atoms. The van der Waals surface area contributed by atoms with Crippen molar-refractivity contribution in [2.45, 2.75) is 19.9 Å². The van der Waals surface area contributed by atoms with Gasteiger partial charge in [0.25, 0.3) is 5.91 Å². The van der Waals surface area contributed by atoms with Gasteiger partial charge in [-0.1, -0.05) is 23.2 Å². The highest BCUT2D eigenvalue weighted by Crippen LogP contribution is 2.25. The first-order valence-corrected chi connectivity index (χ1v) is 8.36. The molecule has 2 aromatic heterocycles. The molecule has 0 N–H and O–H groups in total. The number of aryl methyl sites for hydroxylation is 1. The molecule has 1 aliphatic heterocycles. The first-order chi connectivity index (χ1) is 11.5. The molecule has 0 fully saturated rings. The maximum absolute atomic E-state index is 12.8. The van der Waals surface area contributed by atoms with E-state index >= 15 is 0 Å². The summed E-state index contributed by atoms with van der Waals surface area (Å²) in [6.45, 7) is 3.06. The molecule has 1 amide bonds. The lowest BCUT2D eigenvalue weighted by atomic mass is 10.1. The van der Waals surface area contributed by atoms with Gasteiger partial charge < -0.3 is 4.90 Å². The summed E-state index contributed by atoms with van der Waals surface area (Å²) in [5, 5.41) is 5.38. The molecule has 0 aliphatic carbocycles. The van der Waals surface area contributed by atoms with E-state index < -0.39 is 0 Å². The van der Waals surface area contributed by atoms with E-state index in [9.17, 15) is 4.79 Å². The number of carbonyl (C=O) groups is 1. The van der Waals surface area contributed by atoms with E-state index in [2.05, 4.69) is 10.1 Å². The average Bonchev–Trinajstić information content (AvgIpc) is 2.94. The molecule has 122 valence electrons. The van der Waals surface area contributed by atoms with Crippen LogP contribution in [0.25, 0.3) is 5.65 Å². The first-order valence-electron chi connectivity index (χ1n) is 7.60. The summed E-state index contributed by atoms with van der Waals surface area (Å²) in [6, 6.07) is 6.88. The van der Waals surface area contributed by atoms with Crippen LogP contribution in [0, 0.1) is 6.92 Å². The third-order valence-electron chi connectivity index (χ3n) is 4.22. The molecule has 7 heteroatoms. The number of carbonyl (C=O) groups excluding carboxylic acids is 1. The molecule has 0 radical (unpaired) electrons. The predicted octanol–water partition coefficient (Wildman–Crippen LogP) is 3.54. The van der Waals surface area contributed by atoms with Crippen molar-refractivity contribution < 1.29 is 4.79 Å². The Hall–Kier alpha value is -2.11. The quantitative estimate of drug-likeness (QED) is 0.666. The number of rotatable bonds is 1. The molecule has 3 aromatic rings. The van der Waals surface area contributed by atoms with Crippen LogP contribution in [-0.2, 0) is 13.0 Å². The van der Waals surface area contributed by atoms with Gasteiger partial charge in [0, 0.05) is 42.4 Å². The van der Waals surface area contributed by atoms with E-state index in [1.54, 1.807) is 23.1 Å². The zero-order chi connectivity index (χ0) is 16.8. The van der Waals surface area contributed by atoms with Gasteiger partial charge in [-0.2, -0.15) is 5.10 Å². The second kappa shape index (κ2) is 5.76. The maximum Gasteiger partial charge on any atom is 0.255 e. The van der Waals surface area contributed by atoms with Crippen molar-refractivity contribution in [3.05, 3.63) is 63.0 Å². The molecule has 0 saturated carbocycles. The fourth-order valence-electron chi connectivity index (χ4n) is 3.06. The largest absolute Gasteiger partial charge is 0.334 e. The van der Waals surface area contributed by atoms with Crippen molar-refractivity contribution in [2.75, 3.05) is 6.54 Å². The van der Waals surface area contributed by atoms with Gasteiger partial charge >= 0.3 is 0 Å². The number of amides is 1. The summed E-state index contributed by atoms with van der Waals surface area (Å²) in [7, 11) is 0. The highest BCUT2D eigenvalue weighted by atomic mass is 35.5. The van der Waals surface area contributed by atoms with E-state index in [1.807, 2.05) is 23.7 Å². The van der Waals surface area contributed by atoms with Crippen LogP contribution in [0.5, 0.6) is 0 Å². The number of hydrogen-bond donors (Lipinski definition) is 0. The van der Waals surface area contributed by atoms with E-state index in [-0.39, 0.29) is 5.91 Å². The first kappa shape index (κ1) is 15.4. The summed E-state index contributed by atoms with van der Waals surface area (Å²) < 4.78 is 1.88. The molecule has 24 heavy (non-hydrogen) atoms. The van der Waals surface area contributed by atoms with Crippen LogP contribution in [0.3, 0.4) is 0 Å². The number of hydrogen-bond acceptors (Lipinski definition) is 3. The van der Waals surface area contributed by atoms with Crippen LogP contribution in [0.1, 0.15) is 27.3 Å². The lowest BCUT2D eigenvalue weighted by molar-refractivity contribution is 0.0733. The molecule has 5 nitrogen and oxygen atoms in total. The van der Waals surface area contributed by atoms with Gasteiger partial charge in [-0.3, -0.25) is 4.79 Å². The summed E-state index contributed by atoms with van der Waals surface area (Å²) in [6.07, 6.45) is 2.56. The van der Waals surface area contributed by atoms with Crippen LogP contribution in [0.2, 0.25) is 10.0 Å². The highest BCUT2D eigenvalue weighted by molar-refractivity contribution is 6.36. The molecule has 0 saturated heterocycles. The molecule has 0 unspecified atom stereocenters. The summed E-state index contributed by atoms with van der Waals surface area (Å²) in [5.74, 6) is -0.0981. The molecule has 0 atom stereocenters. The second-order valence-corrected chi connectivity index (χ2v) is 6.73. The monoisotopic (exact) mass is 360 g/mol. The Balaban J connectivity index is 1.66. The fraction of sp³-hybridized carbons (Fsp3) is 0.235. The molecule has 0 bridgehead atoms. The van der Waals surface area contributed by atoms with E-state index in [0.29, 0.717) is 28.7 Å². The van der Waals surface area contributed by atoms with Crippen LogP contribution in [-0.4, -0.2) is 31.9 Å². The molecule has 1 aromatic carbocycles. The van der Waals surface area contributed by atoms with Gasteiger partial charge in [0.1, 0.15) is 0 Å². The van der Waals surface area contributed by atoms with Crippen LogP contribution in [0.15, 0.2) is 30.5 Å². The third-order valence-corrected chi connectivity index (χ3v) is 4.77. The lowest BCUT2D eigenvalue weighted by Crippen LogP contribution is -2.37. The molecule has 4 rings (SSSR count). The minimum Gasteiger partial charge on any atom is -0.334 e. The van der Waals surface area contributed by atoms with Crippen molar-refractivity contribution in [2.24, 2.45) is 0 Å². The standard InChI is InChI=1S/C17H14Cl2N4O/c1-10-6-16-20-8-11-9-22(5-4-15(11)23(16)21-10)17(24)13-3-2-12(18)7-14(13)19/h2-3,6-8H,4-5,9H2,1H3. The summed E-state index contributed by atoms with van der Waals surface area (Å²) in [4.78, 5) is 19.0. The van der Waals surface area contributed by atoms with Gasteiger partial charge in [-0.25, -0.2) is 9.50 Å². The molecule has 1 aliphatic rings. The third kappa shape index (κ3) is 2.54. The van der Waals surface area contributed by atoms with Crippen molar-refractivity contribution in [1.29, 1.82) is 0 Å². The van der Waals surface area contributed by atoms with Crippen molar-refractivity contribution >= 4 is 34.8 Å². The molecular formula is C17H14Cl2N4O. The van der Waals surface area contributed by atoms with Crippen molar-refractivity contribution in [3.63, 3.8) is 0 Å². The highest BCUT2D eigenvalue weighted by Gasteiger charge is 2.25. The Morgan fingerprint density at radius 1 is 1.25 bits per heavy atom. The Bertz CT molecular complexity index is 967. The van der Waals surface area contributed by atoms with Crippen LogP contribution < -0.4 is 0 Å². The minimum atomic E-state index is -0.0981. The van der Waals surface area contributed by atoms with Gasteiger partial charge in [0.15, 0.2) is 5.65 Å². The SMILES string of the molecule is Cc1cc2ncc3c(n2n1)CCN(C(=O)c1ccc(Cl)cc1Cl)C3. The average molecular weight is 361 g/mol. The Kier molecular flexibility index (Phi) is 3.70.